The molecule has 4 atom stereocenters. The smallest absolute Gasteiger partial charge is 0.253 e. The van der Waals surface area contributed by atoms with Crippen LogP contribution in [0.15, 0.2) is 61.2 Å². The number of benzene rings is 2. The summed E-state index contributed by atoms with van der Waals surface area (Å²) in [5.74, 6) is 0.324. The summed E-state index contributed by atoms with van der Waals surface area (Å²) >= 11 is 12.5. The van der Waals surface area contributed by atoms with Crippen LogP contribution in [-0.4, -0.2) is 37.5 Å². The predicted molar refractivity (Wildman–Crippen MR) is 127 cm³/mol. The molecular weight excluding hydrogens is 461 g/mol. The van der Waals surface area contributed by atoms with Crippen LogP contribution in [0.2, 0.25) is 10.0 Å². The molecule has 1 aliphatic rings. The van der Waals surface area contributed by atoms with Gasteiger partial charge < -0.3 is 9.64 Å². The number of amides is 1. The Bertz CT molecular complexity index is 1090. The number of nitrogens with zero attached hydrogens (tertiary/aromatic N) is 4. The lowest BCUT2D eigenvalue weighted by Crippen LogP contribution is -2.52. The number of hydrogen-bond acceptors (Lipinski definition) is 5. The third-order valence-corrected chi connectivity index (χ3v) is 6.24. The molecule has 0 bridgehead atoms. The zero-order valence-electron chi connectivity index (χ0n) is 18.2. The lowest BCUT2D eigenvalue weighted by Gasteiger charge is -2.47. The molecule has 0 saturated carbocycles. The minimum Gasteiger partial charge on any atom is -0.358 e. The number of tetrazole rings is 1. The van der Waals surface area contributed by atoms with E-state index in [2.05, 4.69) is 34.1 Å². The van der Waals surface area contributed by atoms with E-state index in [1.807, 2.05) is 53.4 Å². The summed E-state index contributed by atoms with van der Waals surface area (Å²) in [6.07, 6.45) is 2.40. The van der Waals surface area contributed by atoms with Gasteiger partial charge in [0.1, 0.15) is 12.2 Å². The van der Waals surface area contributed by atoms with Crippen molar-refractivity contribution in [2.24, 2.45) is 0 Å². The quantitative estimate of drug-likeness (QED) is 0.417. The van der Waals surface area contributed by atoms with Crippen molar-refractivity contribution in [3.05, 3.63) is 88.2 Å². The zero-order chi connectivity index (χ0) is 23.4. The lowest BCUT2D eigenvalue weighted by molar-refractivity contribution is -0.180. The summed E-state index contributed by atoms with van der Waals surface area (Å²) in [5, 5.41) is 15.9. The maximum absolute atomic E-state index is 13.8. The highest BCUT2D eigenvalue weighted by Crippen LogP contribution is 2.47. The normalized spacial score (nSPS) is 21.7. The van der Waals surface area contributed by atoms with Crippen molar-refractivity contribution in [2.75, 3.05) is 0 Å². The summed E-state index contributed by atoms with van der Waals surface area (Å²) in [7, 11) is 0. The Morgan fingerprint density at radius 1 is 1.18 bits per heavy atom. The first-order valence-electron chi connectivity index (χ1n) is 10.9. The first kappa shape index (κ1) is 23.4. The average molecular weight is 486 g/mol. The molecule has 3 aromatic rings. The van der Waals surface area contributed by atoms with E-state index in [-0.39, 0.29) is 11.9 Å². The molecule has 4 rings (SSSR count). The number of hydrogen-bond donors (Lipinski definition) is 1. The number of rotatable bonds is 8. The summed E-state index contributed by atoms with van der Waals surface area (Å²) in [6, 6.07) is 14.1. The van der Waals surface area contributed by atoms with Gasteiger partial charge in [-0.1, -0.05) is 72.1 Å². The van der Waals surface area contributed by atoms with Gasteiger partial charge in [-0.25, -0.2) is 0 Å². The van der Waals surface area contributed by atoms with E-state index >= 15 is 0 Å². The number of aromatic nitrogens is 4. The fraction of sp³-hybridized carbons (Fsp3) is 0.333. The Labute approximate surface area is 202 Å². The fourth-order valence-corrected chi connectivity index (χ4v) is 4.66. The van der Waals surface area contributed by atoms with E-state index in [1.165, 1.54) is 0 Å². The molecule has 1 amide bonds. The summed E-state index contributed by atoms with van der Waals surface area (Å²) in [5.41, 5.74) is 1.76. The number of halogens is 2. The Kier molecular flexibility index (Phi) is 7.42. The van der Waals surface area contributed by atoms with Crippen LogP contribution in [0.4, 0.5) is 0 Å². The highest BCUT2D eigenvalue weighted by molar-refractivity contribution is 6.30. The number of carbonyl (C=O) groups is 1. The van der Waals surface area contributed by atoms with Gasteiger partial charge in [-0.05, 0) is 41.8 Å². The van der Waals surface area contributed by atoms with Gasteiger partial charge in [0.2, 0.25) is 0 Å². The Morgan fingerprint density at radius 3 is 2.61 bits per heavy atom. The first-order valence-corrected chi connectivity index (χ1v) is 11.6. The number of H-pyrrole nitrogens is 1. The van der Waals surface area contributed by atoms with E-state index in [9.17, 15) is 4.79 Å². The number of morpholine rings is 1. The fourth-order valence-electron chi connectivity index (χ4n) is 4.33. The maximum Gasteiger partial charge on any atom is 0.253 e. The van der Waals surface area contributed by atoms with Gasteiger partial charge in [-0.2, -0.15) is 5.21 Å². The molecule has 0 aliphatic carbocycles. The van der Waals surface area contributed by atoms with Gasteiger partial charge in [0.05, 0.1) is 12.1 Å². The highest BCUT2D eigenvalue weighted by Gasteiger charge is 2.47. The van der Waals surface area contributed by atoms with Crippen molar-refractivity contribution < 1.29 is 9.53 Å². The SMILES string of the molecule is C=CC[C@H]1O[C@H](c2cccc(Cl)c2)[C@H](c2ccc(Cl)cc2)N(C(CCC)c2nn[nH]n2)C1=O. The van der Waals surface area contributed by atoms with Gasteiger partial charge in [0.15, 0.2) is 5.82 Å². The van der Waals surface area contributed by atoms with E-state index < -0.39 is 18.2 Å². The molecule has 1 aliphatic heterocycles. The molecule has 0 spiro atoms. The average Bonchev–Trinajstić information content (AvgIpc) is 3.34. The predicted octanol–water partition coefficient (Wildman–Crippen LogP) is 5.63. The first-order chi connectivity index (χ1) is 16.0. The van der Waals surface area contributed by atoms with E-state index in [4.69, 9.17) is 27.9 Å². The standard InChI is InChI=1S/C24H25Cl2N5O2/c1-3-6-19(23-27-29-30-28-23)31-21(15-10-12-17(25)13-11-15)22(16-8-5-9-18(26)14-16)33-20(7-4-2)24(31)32/h4-5,8-14,19-22H,2-3,6-7H2,1H3,(H,27,28,29,30)/t19?,20-,21+,22-/m1/s1. The van der Waals surface area contributed by atoms with Crippen molar-refractivity contribution in [1.82, 2.24) is 25.5 Å². The van der Waals surface area contributed by atoms with Crippen LogP contribution in [-0.2, 0) is 9.53 Å². The topological polar surface area (TPSA) is 84.0 Å². The summed E-state index contributed by atoms with van der Waals surface area (Å²) in [4.78, 5) is 15.7. The van der Waals surface area contributed by atoms with E-state index in [0.717, 1.165) is 17.5 Å². The lowest BCUT2D eigenvalue weighted by atomic mass is 9.89. The van der Waals surface area contributed by atoms with Crippen LogP contribution in [0, 0.1) is 0 Å². The molecule has 1 saturated heterocycles. The Morgan fingerprint density at radius 2 is 1.97 bits per heavy atom. The summed E-state index contributed by atoms with van der Waals surface area (Å²) < 4.78 is 6.44. The molecule has 1 N–H and O–H groups in total. The molecule has 2 aromatic carbocycles. The molecule has 1 aromatic heterocycles. The Balaban J connectivity index is 1.90. The number of carbonyl (C=O) groups excluding carboxylic acids is 1. The van der Waals surface area contributed by atoms with Crippen molar-refractivity contribution in [2.45, 2.75) is 50.5 Å². The number of ether oxygens (including phenoxy) is 1. The van der Waals surface area contributed by atoms with Gasteiger partial charge in [0, 0.05) is 16.5 Å². The third kappa shape index (κ3) is 4.95. The van der Waals surface area contributed by atoms with Crippen LogP contribution >= 0.6 is 23.2 Å². The van der Waals surface area contributed by atoms with Crippen molar-refractivity contribution in [1.29, 1.82) is 0 Å². The minimum atomic E-state index is -0.693. The largest absolute Gasteiger partial charge is 0.358 e. The molecule has 2 heterocycles. The number of aromatic amines is 1. The molecule has 172 valence electrons. The van der Waals surface area contributed by atoms with Crippen molar-refractivity contribution in [3.8, 4) is 0 Å². The van der Waals surface area contributed by atoms with Gasteiger partial charge in [0.25, 0.3) is 5.91 Å². The van der Waals surface area contributed by atoms with Gasteiger partial charge in [-0.15, -0.1) is 16.8 Å². The Hall–Kier alpha value is -2.74. The molecule has 33 heavy (non-hydrogen) atoms. The van der Waals surface area contributed by atoms with Crippen LogP contribution in [0.5, 0.6) is 0 Å². The molecule has 1 fully saturated rings. The second-order valence-electron chi connectivity index (χ2n) is 7.94. The molecular formula is C24H25Cl2N5O2. The van der Waals surface area contributed by atoms with Gasteiger partial charge in [-0.3, -0.25) is 4.79 Å². The zero-order valence-corrected chi connectivity index (χ0v) is 19.7. The van der Waals surface area contributed by atoms with Crippen LogP contribution in [0.1, 0.15) is 61.3 Å². The maximum atomic E-state index is 13.8. The third-order valence-electron chi connectivity index (χ3n) is 5.75. The second-order valence-corrected chi connectivity index (χ2v) is 8.81. The van der Waals surface area contributed by atoms with E-state index in [1.54, 1.807) is 6.08 Å². The van der Waals surface area contributed by atoms with Crippen LogP contribution in [0.3, 0.4) is 0 Å². The van der Waals surface area contributed by atoms with E-state index in [0.29, 0.717) is 28.7 Å². The minimum absolute atomic E-state index is 0.142. The molecule has 9 heteroatoms. The molecule has 7 nitrogen and oxygen atoms in total. The summed E-state index contributed by atoms with van der Waals surface area (Å²) in [6.45, 7) is 5.88. The number of nitrogens with one attached hydrogen (secondary N) is 1. The van der Waals surface area contributed by atoms with Crippen LogP contribution in [0.25, 0.3) is 0 Å². The van der Waals surface area contributed by atoms with Crippen LogP contribution < -0.4 is 0 Å². The monoisotopic (exact) mass is 485 g/mol. The second kappa shape index (κ2) is 10.5. The highest BCUT2D eigenvalue weighted by atomic mass is 35.5. The van der Waals surface area contributed by atoms with Crippen molar-refractivity contribution in [3.63, 3.8) is 0 Å². The molecule has 1 unspecified atom stereocenters. The van der Waals surface area contributed by atoms with Crippen molar-refractivity contribution >= 4 is 29.1 Å². The molecule has 0 radical (unpaired) electrons. The van der Waals surface area contributed by atoms with Gasteiger partial charge >= 0.3 is 0 Å².